The molecule has 0 bridgehead atoms. The van der Waals surface area contributed by atoms with Crippen molar-refractivity contribution in [3.05, 3.63) is 30.0 Å². The maximum Gasteiger partial charge on any atom is 0.268 e. The summed E-state index contributed by atoms with van der Waals surface area (Å²) in [5.41, 5.74) is 1.06. The Labute approximate surface area is 186 Å². The molecule has 1 aromatic heterocycles. The van der Waals surface area contributed by atoms with Crippen molar-refractivity contribution in [3.8, 4) is 11.8 Å². The van der Waals surface area contributed by atoms with Gasteiger partial charge in [-0.05, 0) is 43.4 Å². The molecule has 2 aromatic rings. The zero-order valence-corrected chi connectivity index (χ0v) is 18.5. The molecule has 1 saturated heterocycles. The molecule has 1 aliphatic heterocycles. The summed E-state index contributed by atoms with van der Waals surface area (Å²) in [6, 6.07) is 7.59. The summed E-state index contributed by atoms with van der Waals surface area (Å²) >= 11 is 0. The molecule has 32 heavy (non-hydrogen) atoms. The van der Waals surface area contributed by atoms with Crippen molar-refractivity contribution in [1.82, 2.24) is 20.9 Å². The summed E-state index contributed by atoms with van der Waals surface area (Å²) in [4.78, 5) is 40.7. The first-order chi connectivity index (χ1) is 15.3. The van der Waals surface area contributed by atoms with Gasteiger partial charge in [-0.3, -0.25) is 14.4 Å². The van der Waals surface area contributed by atoms with Gasteiger partial charge in [0.2, 0.25) is 11.8 Å². The van der Waals surface area contributed by atoms with Crippen LogP contribution in [0.1, 0.15) is 43.6 Å². The molecule has 0 aliphatic carbocycles. The van der Waals surface area contributed by atoms with Crippen molar-refractivity contribution < 1.29 is 19.1 Å². The average Bonchev–Trinajstić information content (AvgIpc) is 3.38. The Balaban J connectivity index is 1.71. The fraction of sp³-hybridized carbons (Fsp3) is 0.478. The highest BCUT2D eigenvalue weighted by Crippen LogP contribution is 2.26. The second-order valence-electron chi connectivity index (χ2n) is 8.46. The number of rotatable bonds is 9. The van der Waals surface area contributed by atoms with Crippen LogP contribution < -0.4 is 20.7 Å². The number of fused-ring (bicyclic) bond motifs is 1. The Kier molecular flexibility index (Phi) is 7.36. The first kappa shape index (κ1) is 23.1. The quantitative estimate of drug-likeness (QED) is 0.473. The molecule has 0 saturated carbocycles. The molecule has 0 radical (unpaired) electrons. The molecule has 1 fully saturated rings. The lowest BCUT2D eigenvalue weighted by Crippen LogP contribution is -2.50. The lowest BCUT2D eigenvalue weighted by molar-refractivity contribution is -0.125. The van der Waals surface area contributed by atoms with Crippen molar-refractivity contribution in [2.45, 2.75) is 45.2 Å². The second-order valence-corrected chi connectivity index (χ2v) is 8.46. The van der Waals surface area contributed by atoms with E-state index in [1.165, 1.54) is 0 Å². The van der Waals surface area contributed by atoms with Crippen LogP contribution >= 0.6 is 0 Å². The van der Waals surface area contributed by atoms with Gasteiger partial charge in [0.1, 0.15) is 23.5 Å². The van der Waals surface area contributed by atoms with Gasteiger partial charge in [0.15, 0.2) is 0 Å². The molecule has 3 amide bonds. The summed E-state index contributed by atoms with van der Waals surface area (Å²) in [5.74, 6) is -0.476. The molecule has 3 rings (SSSR count). The molecule has 1 aliphatic rings. The number of hydrogen-bond acceptors (Lipinski definition) is 5. The number of nitriles is 1. The van der Waals surface area contributed by atoms with E-state index in [2.05, 4.69) is 27.0 Å². The van der Waals surface area contributed by atoms with E-state index in [1.807, 2.05) is 26.0 Å². The van der Waals surface area contributed by atoms with Gasteiger partial charge in [-0.1, -0.05) is 19.9 Å². The third-order valence-corrected chi connectivity index (χ3v) is 5.57. The SMILES string of the molecule is COc1cccc2[nH]c(C(=O)N[C@H](CC(C)C)C(=O)N[C@H](C#N)C[C@@H]3CCNC3=O)cc12. The molecule has 2 heterocycles. The van der Waals surface area contributed by atoms with Crippen LogP contribution in [0.3, 0.4) is 0 Å². The molecular weight excluding hydrogens is 410 g/mol. The first-order valence-electron chi connectivity index (χ1n) is 10.8. The maximum atomic E-state index is 12.9. The number of nitrogens with one attached hydrogen (secondary N) is 4. The predicted octanol–water partition coefficient (Wildman–Crippen LogP) is 1.86. The van der Waals surface area contributed by atoms with E-state index in [0.29, 0.717) is 30.8 Å². The summed E-state index contributed by atoms with van der Waals surface area (Å²) < 4.78 is 5.34. The van der Waals surface area contributed by atoms with Crippen LogP contribution in [0.4, 0.5) is 0 Å². The van der Waals surface area contributed by atoms with E-state index in [4.69, 9.17) is 4.74 Å². The zero-order chi connectivity index (χ0) is 23.3. The van der Waals surface area contributed by atoms with Crippen molar-refractivity contribution in [2.75, 3.05) is 13.7 Å². The van der Waals surface area contributed by atoms with Crippen molar-refractivity contribution in [2.24, 2.45) is 11.8 Å². The topological polar surface area (TPSA) is 136 Å². The number of ether oxygens (including phenoxy) is 1. The van der Waals surface area contributed by atoms with Gasteiger partial charge in [-0.25, -0.2) is 0 Å². The molecule has 1 aromatic carbocycles. The van der Waals surface area contributed by atoms with Crippen molar-refractivity contribution in [1.29, 1.82) is 5.26 Å². The van der Waals surface area contributed by atoms with Crippen LogP contribution in [0.15, 0.2) is 24.3 Å². The Morgan fingerprint density at radius 2 is 2.09 bits per heavy atom. The van der Waals surface area contributed by atoms with Crippen LogP contribution in [0.5, 0.6) is 5.75 Å². The van der Waals surface area contributed by atoms with Gasteiger partial charge in [0.05, 0.1) is 13.2 Å². The van der Waals surface area contributed by atoms with Crippen molar-refractivity contribution in [3.63, 3.8) is 0 Å². The number of benzene rings is 1. The number of aromatic amines is 1. The Hall–Kier alpha value is -3.54. The largest absolute Gasteiger partial charge is 0.496 e. The highest BCUT2D eigenvalue weighted by Gasteiger charge is 2.30. The normalized spacial score (nSPS) is 17.5. The number of carbonyl (C=O) groups excluding carboxylic acids is 3. The highest BCUT2D eigenvalue weighted by atomic mass is 16.5. The third-order valence-electron chi connectivity index (χ3n) is 5.57. The van der Waals surface area contributed by atoms with Crippen LogP contribution in [0, 0.1) is 23.2 Å². The van der Waals surface area contributed by atoms with E-state index in [1.54, 1.807) is 19.2 Å². The van der Waals surface area contributed by atoms with Gasteiger partial charge in [-0.15, -0.1) is 0 Å². The van der Waals surface area contributed by atoms with E-state index < -0.39 is 23.9 Å². The van der Waals surface area contributed by atoms with E-state index in [-0.39, 0.29) is 24.2 Å². The minimum atomic E-state index is -0.816. The molecule has 9 heteroatoms. The molecule has 4 N–H and O–H groups in total. The Bertz CT molecular complexity index is 1040. The van der Waals surface area contributed by atoms with Crippen LogP contribution in [-0.4, -0.2) is 48.4 Å². The molecule has 0 unspecified atom stereocenters. The standard InChI is InChI=1S/C23H29N5O4/c1-13(2)9-18(22(30)26-15(12-24)10-14-7-8-25-21(14)29)28-23(31)19-11-16-17(27-19)5-4-6-20(16)32-3/h4-6,11,13-15,18,27H,7-10H2,1-3H3,(H,25,29)(H,26,30)(H,28,31)/t14-,15-,18+/m0/s1. The fourth-order valence-corrected chi connectivity index (χ4v) is 3.94. The van der Waals surface area contributed by atoms with Gasteiger partial charge < -0.3 is 25.7 Å². The smallest absolute Gasteiger partial charge is 0.268 e. The summed E-state index contributed by atoms with van der Waals surface area (Å²) in [6.45, 7) is 4.48. The fourth-order valence-electron chi connectivity index (χ4n) is 3.94. The number of amides is 3. The Morgan fingerprint density at radius 1 is 1.31 bits per heavy atom. The molecule has 0 spiro atoms. The van der Waals surface area contributed by atoms with Crippen LogP contribution in [0.2, 0.25) is 0 Å². The molecule has 3 atom stereocenters. The van der Waals surface area contributed by atoms with Gasteiger partial charge in [0.25, 0.3) is 5.91 Å². The second kappa shape index (κ2) is 10.2. The number of H-pyrrole nitrogens is 1. The van der Waals surface area contributed by atoms with Crippen LogP contribution in [0.25, 0.3) is 10.9 Å². The predicted molar refractivity (Wildman–Crippen MR) is 119 cm³/mol. The molecule has 170 valence electrons. The average molecular weight is 440 g/mol. The minimum absolute atomic E-state index is 0.0965. The number of carbonyl (C=O) groups is 3. The third kappa shape index (κ3) is 5.38. The lowest BCUT2D eigenvalue weighted by Gasteiger charge is -2.22. The summed E-state index contributed by atoms with van der Waals surface area (Å²) in [5, 5.41) is 18.5. The van der Waals surface area contributed by atoms with Gasteiger partial charge >= 0.3 is 0 Å². The summed E-state index contributed by atoms with van der Waals surface area (Å²) in [7, 11) is 1.56. The van der Waals surface area contributed by atoms with Crippen LogP contribution in [-0.2, 0) is 9.59 Å². The highest BCUT2D eigenvalue weighted by molar-refractivity contribution is 6.01. The molecular formula is C23H29N5O4. The van der Waals surface area contributed by atoms with Crippen molar-refractivity contribution >= 4 is 28.6 Å². The first-order valence-corrected chi connectivity index (χ1v) is 10.8. The number of hydrogen-bond donors (Lipinski definition) is 4. The monoisotopic (exact) mass is 439 g/mol. The minimum Gasteiger partial charge on any atom is -0.496 e. The van der Waals surface area contributed by atoms with Gasteiger partial charge in [0, 0.05) is 23.4 Å². The Morgan fingerprint density at radius 3 is 2.72 bits per heavy atom. The van der Waals surface area contributed by atoms with Gasteiger partial charge in [-0.2, -0.15) is 5.26 Å². The lowest BCUT2D eigenvalue weighted by atomic mass is 9.98. The summed E-state index contributed by atoms with van der Waals surface area (Å²) in [6.07, 6.45) is 1.30. The number of nitrogens with zero attached hydrogens (tertiary/aromatic N) is 1. The number of methoxy groups -OCH3 is 1. The van der Waals surface area contributed by atoms with E-state index in [9.17, 15) is 19.6 Å². The number of aromatic nitrogens is 1. The maximum absolute atomic E-state index is 12.9. The van der Waals surface area contributed by atoms with E-state index >= 15 is 0 Å². The van der Waals surface area contributed by atoms with E-state index in [0.717, 1.165) is 10.9 Å². The molecule has 9 nitrogen and oxygen atoms in total. The zero-order valence-electron chi connectivity index (χ0n) is 18.5.